The van der Waals surface area contributed by atoms with Gasteiger partial charge in [0, 0.05) is 12.1 Å². The van der Waals surface area contributed by atoms with Crippen molar-refractivity contribution in [3.63, 3.8) is 0 Å². The van der Waals surface area contributed by atoms with Gasteiger partial charge in [0.1, 0.15) is 11.5 Å². The van der Waals surface area contributed by atoms with Crippen LogP contribution in [0.25, 0.3) is 0 Å². The molecule has 0 bridgehead atoms. The molecule has 0 aliphatic carbocycles. The molecule has 110 valence electrons. The number of hydrogen-bond donors (Lipinski definition) is 1. The molecule has 1 heterocycles. The molecule has 2 N–H and O–H groups in total. The zero-order valence-corrected chi connectivity index (χ0v) is 10.6. The van der Waals surface area contributed by atoms with Crippen molar-refractivity contribution in [3.05, 3.63) is 42.0 Å². The van der Waals surface area contributed by atoms with Crippen LogP contribution in [0.2, 0.25) is 0 Å². The molecule has 4 nitrogen and oxygen atoms in total. The second-order valence-electron chi connectivity index (χ2n) is 4.37. The molecule has 0 unspecified atom stereocenters. The summed E-state index contributed by atoms with van der Waals surface area (Å²) in [6, 6.07) is 7.46. The molecule has 0 atom stereocenters. The summed E-state index contributed by atoms with van der Waals surface area (Å²) < 4.78 is 53.2. The molecule has 0 amide bonds. The Hall–Kier alpha value is -2.57. The van der Waals surface area contributed by atoms with Crippen LogP contribution in [-0.2, 0) is 6.18 Å². The lowest BCUT2D eigenvalue weighted by molar-refractivity contribution is -0.137. The molecule has 0 saturated carbocycles. The predicted molar refractivity (Wildman–Crippen MR) is 68.5 cm³/mol. The van der Waals surface area contributed by atoms with E-state index in [4.69, 9.17) is 19.9 Å². The Labute approximate surface area is 117 Å². The van der Waals surface area contributed by atoms with Crippen LogP contribution in [0.3, 0.4) is 0 Å². The Kier molecular flexibility index (Phi) is 3.04. The lowest BCUT2D eigenvalue weighted by Gasteiger charge is -2.10. The smallest absolute Gasteiger partial charge is 0.416 e. The minimum absolute atomic E-state index is 0.0727. The summed E-state index contributed by atoms with van der Waals surface area (Å²) in [5.41, 5.74) is 5.38. The van der Waals surface area contributed by atoms with Crippen molar-refractivity contribution in [1.82, 2.24) is 0 Å². The van der Waals surface area contributed by atoms with Crippen LogP contribution >= 0.6 is 0 Å². The summed E-state index contributed by atoms with van der Waals surface area (Å²) in [7, 11) is 0. The van der Waals surface area contributed by atoms with Crippen molar-refractivity contribution >= 4 is 5.69 Å². The highest BCUT2D eigenvalue weighted by Gasteiger charge is 2.30. The zero-order chi connectivity index (χ0) is 15.0. The van der Waals surface area contributed by atoms with Gasteiger partial charge in [-0.15, -0.1) is 0 Å². The Balaban J connectivity index is 1.82. The van der Waals surface area contributed by atoms with E-state index in [2.05, 4.69) is 0 Å². The van der Waals surface area contributed by atoms with Gasteiger partial charge in [0.2, 0.25) is 6.79 Å². The molecule has 0 saturated heterocycles. The van der Waals surface area contributed by atoms with Gasteiger partial charge in [0.05, 0.1) is 11.3 Å². The van der Waals surface area contributed by atoms with Crippen LogP contribution in [0.5, 0.6) is 23.0 Å². The van der Waals surface area contributed by atoms with Gasteiger partial charge in [-0.3, -0.25) is 0 Å². The molecule has 7 heteroatoms. The number of nitrogens with two attached hydrogens (primary N) is 1. The third kappa shape index (κ3) is 2.67. The minimum atomic E-state index is -4.37. The van der Waals surface area contributed by atoms with Crippen molar-refractivity contribution in [1.29, 1.82) is 0 Å². The van der Waals surface area contributed by atoms with Crippen molar-refractivity contribution in [2.24, 2.45) is 0 Å². The maximum absolute atomic E-state index is 12.5. The van der Waals surface area contributed by atoms with Crippen LogP contribution in [0, 0.1) is 0 Å². The Morgan fingerprint density at radius 1 is 1.00 bits per heavy atom. The summed E-state index contributed by atoms with van der Waals surface area (Å²) in [5.74, 6) is 1.50. The van der Waals surface area contributed by atoms with E-state index in [0.717, 1.165) is 12.1 Å². The van der Waals surface area contributed by atoms with Crippen molar-refractivity contribution in [3.8, 4) is 23.0 Å². The van der Waals surface area contributed by atoms with Gasteiger partial charge in [0.15, 0.2) is 11.5 Å². The number of hydrogen-bond acceptors (Lipinski definition) is 4. The first-order valence-corrected chi connectivity index (χ1v) is 5.98. The lowest BCUT2D eigenvalue weighted by atomic mass is 10.2. The van der Waals surface area contributed by atoms with E-state index >= 15 is 0 Å². The first kappa shape index (κ1) is 13.4. The average molecular weight is 297 g/mol. The minimum Gasteiger partial charge on any atom is -0.457 e. The van der Waals surface area contributed by atoms with Gasteiger partial charge >= 0.3 is 6.18 Å². The van der Waals surface area contributed by atoms with Crippen LogP contribution in [0.1, 0.15) is 5.56 Å². The topological polar surface area (TPSA) is 53.7 Å². The molecular formula is C14H10F3NO3. The summed E-state index contributed by atoms with van der Waals surface area (Å²) >= 11 is 0. The SMILES string of the molecule is Nc1cc(Oc2ccc(C(F)(F)F)cc2)cc2c1OCO2. The molecule has 3 rings (SSSR count). The van der Waals surface area contributed by atoms with E-state index in [0.29, 0.717) is 22.9 Å². The highest BCUT2D eigenvalue weighted by molar-refractivity contribution is 5.65. The first-order chi connectivity index (χ1) is 9.93. The Morgan fingerprint density at radius 3 is 2.38 bits per heavy atom. The molecule has 2 aromatic rings. The molecular weight excluding hydrogens is 287 g/mol. The molecule has 0 fully saturated rings. The number of fused-ring (bicyclic) bond motifs is 1. The largest absolute Gasteiger partial charge is 0.457 e. The first-order valence-electron chi connectivity index (χ1n) is 5.98. The van der Waals surface area contributed by atoms with E-state index < -0.39 is 11.7 Å². The van der Waals surface area contributed by atoms with Crippen molar-refractivity contribution < 1.29 is 27.4 Å². The van der Waals surface area contributed by atoms with Gasteiger partial charge in [-0.05, 0) is 24.3 Å². The predicted octanol–water partition coefficient (Wildman–Crippen LogP) is 3.81. The van der Waals surface area contributed by atoms with E-state index in [1.165, 1.54) is 18.2 Å². The lowest BCUT2D eigenvalue weighted by Crippen LogP contribution is -2.04. The van der Waals surface area contributed by atoms with Crippen LogP contribution in [0.15, 0.2) is 36.4 Å². The van der Waals surface area contributed by atoms with E-state index in [9.17, 15) is 13.2 Å². The number of rotatable bonds is 2. The van der Waals surface area contributed by atoms with Gasteiger partial charge in [0.25, 0.3) is 0 Å². The fourth-order valence-corrected chi connectivity index (χ4v) is 1.92. The highest BCUT2D eigenvalue weighted by Crippen LogP contribution is 2.42. The summed E-state index contributed by atoms with van der Waals surface area (Å²) in [6.45, 7) is 0.0727. The Morgan fingerprint density at radius 2 is 1.71 bits per heavy atom. The maximum atomic E-state index is 12.5. The summed E-state index contributed by atoms with van der Waals surface area (Å²) in [6.07, 6.45) is -4.37. The molecule has 1 aliphatic rings. The van der Waals surface area contributed by atoms with Crippen LogP contribution < -0.4 is 19.9 Å². The molecule has 0 spiro atoms. The number of ether oxygens (including phenoxy) is 3. The number of alkyl halides is 3. The molecule has 0 aromatic heterocycles. The number of anilines is 1. The monoisotopic (exact) mass is 297 g/mol. The molecule has 0 radical (unpaired) electrons. The Bertz CT molecular complexity index is 668. The van der Waals surface area contributed by atoms with Crippen LogP contribution in [0.4, 0.5) is 18.9 Å². The fraction of sp³-hybridized carbons (Fsp3) is 0.143. The van der Waals surface area contributed by atoms with Crippen molar-refractivity contribution in [2.75, 3.05) is 12.5 Å². The van der Waals surface area contributed by atoms with Crippen LogP contribution in [-0.4, -0.2) is 6.79 Å². The summed E-state index contributed by atoms with van der Waals surface area (Å²) in [5, 5.41) is 0. The second-order valence-corrected chi connectivity index (χ2v) is 4.37. The highest BCUT2D eigenvalue weighted by atomic mass is 19.4. The second kappa shape index (κ2) is 4.76. The van der Waals surface area contributed by atoms with E-state index in [1.807, 2.05) is 0 Å². The average Bonchev–Trinajstić information content (AvgIpc) is 2.87. The van der Waals surface area contributed by atoms with E-state index in [1.54, 1.807) is 6.07 Å². The third-order valence-electron chi connectivity index (χ3n) is 2.89. The maximum Gasteiger partial charge on any atom is 0.416 e. The number of benzene rings is 2. The third-order valence-corrected chi connectivity index (χ3v) is 2.89. The summed E-state index contributed by atoms with van der Waals surface area (Å²) in [4.78, 5) is 0. The molecule has 1 aliphatic heterocycles. The van der Waals surface area contributed by atoms with Gasteiger partial charge in [-0.2, -0.15) is 13.2 Å². The van der Waals surface area contributed by atoms with E-state index in [-0.39, 0.29) is 12.5 Å². The number of halogens is 3. The standard InChI is InChI=1S/C14H10F3NO3/c15-14(16,17)8-1-3-9(4-2-8)21-10-5-11(18)13-12(6-10)19-7-20-13/h1-6H,7,18H2. The number of nitrogen functional groups attached to an aromatic ring is 1. The molecule has 2 aromatic carbocycles. The normalized spacial score (nSPS) is 13.3. The molecule has 21 heavy (non-hydrogen) atoms. The quantitative estimate of drug-likeness (QED) is 0.856. The van der Waals surface area contributed by atoms with Crippen molar-refractivity contribution in [2.45, 2.75) is 6.18 Å². The zero-order valence-electron chi connectivity index (χ0n) is 10.6. The van der Waals surface area contributed by atoms with Gasteiger partial charge < -0.3 is 19.9 Å². The fourth-order valence-electron chi connectivity index (χ4n) is 1.92. The van der Waals surface area contributed by atoms with Gasteiger partial charge in [-0.1, -0.05) is 0 Å². The van der Waals surface area contributed by atoms with Gasteiger partial charge in [-0.25, -0.2) is 0 Å².